The SMILES string of the molecule is Cc1cc(F)cc(Nc2nnc(CNC(C)C)o2)c1. The largest absolute Gasteiger partial charge is 0.406 e. The summed E-state index contributed by atoms with van der Waals surface area (Å²) in [6.07, 6.45) is 0. The second-order valence-electron chi connectivity index (χ2n) is 4.68. The van der Waals surface area contributed by atoms with Crippen molar-refractivity contribution in [2.45, 2.75) is 33.4 Å². The molecule has 1 aromatic carbocycles. The first-order valence-electron chi connectivity index (χ1n) is 6.13. The Bertz CT molecular complexity index is 533. The molecule has 0 atom stereocenters. The molecule has 19 heavy (non-hydrogen) atoms. The van der Waals surface area contributed by atoms with Gasteiger partial charge >= 0.3 is 6.01 Å². The first-order chi connectivity index (χ1) is 9.02. The standard InChI is InChI=1S/C13H17FN4O/c1-8(2)15-7-12-17-18-13(19-12)16-11-5-9(3)4-10(14)6-11/h4-6,8,15H,7H2,1-3H3,(H,16,18). The number of nitrogens with one attached hydrogen (secondary N) is 2. The van der Waals surface area contributed by atoms with Crippen molar-refractivity contribution in [1.82, 2.24) is 15.5 Å². The highest BCUT2D eigenvalue weighted by Gasteiger charge is 2.07. The minimum absolute atomic E-state index is 0.255. The lowest BCUT2D eigenvalue weighted by Gasteiger charge is -2.04. The second-order valence-corrected chi connectivity index (χ2v) is 4.68. The molecule has 0 saturated heterocycles. The molecule has 0 aliphatic rings. The maximum Gasteiger partial charge on any atom is 0.320 e. The predicted octanol–water partition coefficient (Wildman–Crippen LogP) is 2.76. The molecule has 0 aliphatic heterocycles. The zero-order valence-corrected chi connectivity index (χ0v) is 11.2. The third-order valence-electron chi connectivity index (χ3n) is 2.42. The third kappa shape index (κ3) is 4.03. The number of aryl methyl sites for hydroxylation is 1. The van der Waals surface area contributed by atoms with Gasteiger partial charge in [0.1, 0.15) is 5.82 Å². The number of nitrogens with zero attached hydrogens (tertiary/aromatic N) is 2. The molecule has 2 rings (SSSR count). The molecule has 1 aromatic heterocycles. The molecule has 2 N–H and O–H groups in total. The van der Waals surface area contributed by atoms with Gasteiger partial charge in [-0.1, -0.05) is 18.9 Å². The van der Waals surface area contributed by atoms with Crippen LogP contribution in [0.1, 0.15) is 25.3 Å². The molecule has 0 aliphatic carbocycles. The van der Waals surface area contributed by atoms with Gasteiger partial charge in [-0.15, -0.1) is 5.10 Å². The van der Waals surface area contributed by atoms with Crippen molar-refractivity contribution < 1.29 is 8.81 Å². The lowest BCUT2D eigenvalue weighted by Crippen LogP contribution is -2.21. The van der Waals surface area contributed by atoms with Crippen LogP contribution in [0.3, 0.4) is 0 Å². The highest BCUT2D eigenvalue weighted by Crippen LogP contribution is 2.18. The maximum atomic E-state index is 13.2. The van der Waals surface area contributed by atoms with Crippen molar-refractivity contribution in [2.75, 3.05) is 5.32 Å². The first kappa shape index (κ1) is 13.5. The van der Waals surface area contributed by atoms with E-state index < -0.39 is 0 Å². The summed E-state index contributed by atoms with van der Waals surface area (Å²) in [5.74, 6) is 0.188. The Hall–Kier alpha value is -1.95. The average Bonchev–Trinajstić information content (AvgIpc) is 2.72. The number of hydrogen-bond donors (Lipinski definition) is 2. The first-order valence-corrected chi connectivity index (χ1v) is 6.13. The maximum absolute atomic E-state index is 13.2. The minimum Gasteiger partial charge on any atom is -0.406 e. The third-order valence-corrected chi connectivity index (χ3v) is 2.42. The molecule has 0 spiro atoms. The van der Waals surface area contributed by atoms with E-state index in [1.807, 2.05) is 20.8 Å². The number of hydrogen-bond acceptors (Lipinski definition) is 5. The van der Waals surface area contributed by atoms with E-state index in [0.717, 1.165) is 5.56 Å². The van der Waals surface area contributed by atoms with Crippen molar-refractivity contribution in [1.29, 1.82) is 0 Å². The average molecular weight is 264 g/mol. The van der Waals surface area contributed by atoms with Gasteiger partial charge in [-0.05, 0) is 30.7 Å². The summed E-state index contributed by atoms with van der Waals surface area (Å²) in [6, 6.07) is 5.24. The molecule has 0 amide bonds. The van der Waals surface area contributed by atoms with E-state index in [1.54, 1.807) is 6.07 Å². The molecule has 1 heterocycles. The lowest BCUT2D eigenvalue weighted by molar-refractivity contribution is 0.460. The number of rotatable bonds is 5. The van der Waals surface area contributed by atoms with E-state index in [2.05, 4.69) is 20.8 Å². The van der Waals surface area contributed by atoms with Gasteiger partial charge in [0.25, 0.3) is 0 Å². The Morgan fingerprint density at radius 2 is 2.05 bits per heavy atom. The molecule has 0 unspecified atom stereocenters. The van der Waals surface area contributed by atoms with Crippen molar-refractivity contribution in [2.24, 2.45) is 0 Å². The quantitative estimate of drug-likeness (QED) is 0.869. The fourth-order valence-electron chi connectivity index (χ4n) is 1.60. The normalized spacial score (nSPS) is 11.0. The zero-order valence-electron chi connectivity index (χ0n) is 11.2. The van der Waals surface area contributed by atoms with Gasteiger partial charge in [0.15, 0.2) is 0 Å². The van der Waals surface area contributed by atoms with Crippen LogP contribution >= 0.6 is 0 Å². The molecule has 0 bridgehead atoms. The lowest BCUT2D eigenvalue weighted by atomic mass is 10.2. The number of anilines is 2. The van der Waals surface area contributed by atoms with Crippen LogP contribution in [0.5, 0.6) is 0 Å². The van der Waals surface area contributed by atoms with E-state index >= 15 is 0 Å². The van der Waals surface area contributed by atoms with Crippen LogP contribution in [0.4, 0.5) is 16.1 Å². The van der Waals surface area contributed by atoms with Crippen LogP contribution in [-0.4, -0.2) is 16.2 Å². The monoisotopic (exact) mass is 264 g/mol. The zero-order chi connectivity index (χ0) is 13.8. The van der Waals surface area contributed by atoms with Gasteiger partial charge in [0, 0.05) is 11.7 Å². The fourth-order valence-corrected chi connectivity index (χ4v) is 1.60. The fraction of sp³-hybridized carbons (Fsp3) is 0.385. The van der Waals surface area contributed by atoms with E-state index in [-0.39, 0.29) is 11.8 Å². The van der Waals surface area contributed by atoms with Gasteiger partial charge in [0.05, 0.1) is 6.54 Å². The topological polar surface area (TPSA) is 63.0 Å². The second kappa shape index (κ2) is 5.79. The Morgan fingerprint density at radius 3 is 2.74 bits per heavy atom. The van der Waals surface area contributed by atoms with E-state index in [1.165, 1.54) is 12.1 Å². The van der Waals surface area contributed by atoms with Gasteiger partial charge in [-0.2, -0.15) is 0 Å². The Kier molecular flexibility index (Phi) is 4.11. The van der Waals surface area contributed by atoms with Gasteiger partial charge in [-0.3, -0.25) is 0 Å². The molecule has 0 radical (unpaired) electrons. The van der Waals surface area contributed by atoms with Gasteiger partial charge in [-0.25, -0.2) is 4.39 Å². The number of aromatic nitrogens is 2. The summed E-state index contributed by atoms with van der Waals surface area (Å²) in [4.78, 5) is 0. The number of benzene rings is 1. The highest BCUT2D eigenvalue weighted by molar-refractivity contribution is 5.53. The molecular formula is C13H17FN4O. The van der Waals surface area contributed by atoms with E-state index in [0.29, 0.717) is 24.2 Å². The van der Waals surface area contributed by atoms with Crippen molar-refractivity contribution in [3.63, 3.8) is 0 Å². The van der Waals surface area contributed by atoms with Crippen LogP contribution in [0, 0.1) is 12.7 Å². The Balaban J connectivity index is 2.03. The molecule has 5 nitrogen and oxygen atoms in total. The molecule has 0 saturated carbocycles. The highest BCUT2D eigenvalue weighted by atomic mass is 19.1. The predicted molar refractivity (Wildman–Crippen MR) is 70.7 cm³/mol. The van der Waals surface area contributed by atoms with E-state index in [4.69, 9.17) is 4.42 Å². The molecule has 2 aromatic rings. The molecular weight excluding hydrogens is 247 g/mol. The smallest absolute Gasteiger partial charge is 0.320 e. The van der Waals surface area contributed by atoms with Gasteiger partial charge in [0.2, 0.25) is 5.89 Å². The summed E-state index contributed by atoms with van der Waals surface area (Å²) in [7, 11) is 0. The van der Waals surface area contributed by atoms with Crippen molar-refractivity contribution >= 4 is 11.7 Å². The summed E-state index contributed by atoms with van der Waals surface area (Å²) in [6.45, 7) is 6.39. The Morgan fingerprint density at radius 1 is 1.26 bits per heavy atom. The van der Waals surface area contributed by atoms with Crippen LogP contribution in [0.2, 0.25) is 0 Å². The number of halogens is 1. The van der Waals surface area contributed by atoms with Crippen LogP contribution in [0.15, 0.2) is 22.6 Å². The summed E-state index contributed by atoms with van der Waals surface area (Å²) in [5, 5.41) is 13.8. The summed E-state index contributed by atoms with van der Waals surface area (Å²) in [5.41, 5.74) is 1.41. The van der Waals surface area contributed by atoms with Crippen molar-refractivity contribution in [3.8, 4) is 0 Å². The van der Waals surface area contributed by atoms with Crippen LogP contribution in [-0.2, 0) is 6.54 Å². The van der Waals surface area contributed by atoms with Crippen LogP contribution in [0.25, 0.3) is 0 Å². The molecule has 0 fully saturated rings. The minimum atomic E-state index is -0.302. The van der Waals surface area contributed by atoms with Crippen molar-refractivity contribution in [3.05, 3.63) is 35.5 Å². The summed E-state index contributed by atoms with van der Waals surface area (Å²) >= 11 is 0. The molecule has 6 heteroatoms. The van der Waals surface area contributed by atoms with E-state index in [9.17, 15) is 4.39 Å². The molecule has 102 valence electrons. The van der Waals surface area contributed by atoms with Gasteiger partial charge < -0.3 is 15.1 Å². The van der Waals surface area contributed by atoms with Crippen LogP contribution < -0.4 is 10.6 Å². The Labute approximate surface area is 111 Å². The summed E-state index contributed by atoms with van der Waals surface area (Å²) < 4.78 is 18.6.